The Morgan fingerprint density at radius 1 is 1.21 bits per heavy atom. The summed E-state index contributed by atoms with van der Waals surface area (Å²) in [6.07, 6.45) is 17.4. The molecule has 0 saturated carbocycles. The molecule has 0 aromatic rings. The second-order valence-electron chi connectivity index (χ2n) is 4.37. The summed E-state index contributed by atoms with van der Waals surface area (Å²) < 4.78 is 0. The first kappa shape index (κ1) is 9.57. The predicted molar refractivity (Wildman–Crippen MR) is 60.9 cm³/mol. The summed E-state index contributed by atoms with van der Waals surface area (Å²) in [5.41, 5.74) is 0. The largest absolute Gasteiger partial charge is 0.380 e. The third kappa shape index (κ3) is 2.28. The second-order valence-corrected chi connectivity index (χ2v) is 4.37. The summed E-state index contributed by atoms with van der Waals surface area (Å²) in [7, 11) is 2.18. The highest BCUT2D eigenvalue weighted by molar-refractivity contribution is 5.12. The summed E-state index contributed by atoms with van der Waals surface area (Å²) in [5.74, 6) is 1.60. The van der Waals surface area contributed by atoms with Crippen LogP contribution in [0.2, 0.25) is 0 Å². The smallest absolute Gasteiger partial charge is 0.0203 e. The molecule has 0 radical (unpaired) electrons. The minimum absolute atomic E-state index is 0.766. The molecular weight excluding hydrogens is 170 g/mol. The first-order valence-electron chi connectivity index (χ1n) is 5.56. The van der Waals surface area contributed by atoms with Crippen LogP contribution in [0, 0.1) is 11.8 Å². The van der Waals surface area contributed by atoms with Gasteiger partial charge in [-0.15, -0.1) is 0 Å². The van der Waals surface area contributed by atoms with Gasteiger partial charge in [-0.25, -0.2) is 0 Å². The predicted octanol–water partition coefficient (Wildman–Crippen LogP) is 2.97. The van der Waals surface area contributed by atoms with E-state index in [9.17, 15) is 0 Å². The normalized spacial score (nSPS) is 31.9. The van der Waals surface area contributed by atoms with Gasteiger partial charge in [0.05, 0.1) is 0 Å². The van der Waals surface area contributed by atoms with Crippen molar-refractivity contribution in [2.24, 2.45) is 11.8 Å². The number of nitrogens with zero attached hydrogens (tertiary/aromatic N) is 1. The van der Waals surface area contributed by atoms with E-state index in [-0.39, 0.29) is 0 Å². The lowest BCUT2D eigenvalue weighted by molar-refractivity contribution is 0.291. The maximum Gasteiger partial charge on any atom is 0.0203 e. The van der Waals surface area contributed by atoms with E-state index in [0.717, 1.165) is 11.8 Å². The zero-order valence-corrected chi connectivity index (χ0v) is 8.89. The van der Waals surface area contributed by atoms with Crippen LogP contribution < -0.4 is 0 Å². The van der Waals surface area contributed by atoms with E-state index in [1.165, 1.54) is 25.8 Å². The first-order chi connectivity index (χ1) is 6.86. The van der Waals surface area contributed by atoms with Gasteiger partial charge in [0.2, 0.25) is 0 Å². The molecule has 1 aliphatic carbocycles. The van der Waals surface area contributed by atoms with E-state index in [1.54, 1.807) is 0 Å². The molecule has 76 valence electrons. The Balaban J connectivity index is 1.97. The quantitative estimate of drug-likeness (QED) is 0.613. The van der Waals surface area contributed by atoms with Crippen LogP contribution in [0.4, 0.5) is 0 Å². The molecular formula is C13H19N. The minimum atomic E-state index is 0.766. The van der Waals surface area contributed by atoms with E-state index < -0.39 is 0 Å². The summed E-state index contributed by atoms with van der Waals surface area (Å²) in [6.45, 7) is 1.21. The van der Waals surface area contributed by atoms with Crippen LogP contribution in [0.15, 0.2) is 36.6 Å². The van der Waals surface area contributed by atoms with Crippen LogP contribution in [0.5, 0.6) is 0 Å². The van der Waals surface area contributed by atoms with Gasteiger partial charge in [0.1, 0.15) is 0 Å². The molecule has 0 saturated heterocycles. The molecule has 14 heavy (non-hydrogen) atoms. The van der Waals surface area contributed by atoms with Crippen LogP contribution in [-0.2, 0) is 0 Å². The molecule has 0 aromatic heterocycles. The van der Waals surface area contributed by atoms with Crippen molar-refractivity contribution in [1.29, 1.82) is 0 Å². The Hall–Kier alpha value is -0.980. The molecule has 0 spiro atoms. The summed E-state index contributed by atoms with van der Waals surface area (Å²) in [6, 6.07) is 0. The van der Waals surface area contributed by atoms with E-state index in [4.69, 9.17) is 0 Å². The summed E-state index contributed by atoms with van der Waals surface area (Å²) in [4.78, 5) is 2.32. The van der Waals surface area contributed by atoms with Gasteiger partial charge in [-0.3, -0.25) is 0 Å². The standard InChI is InChI=1S/C13H19N/c1-14-10-6-5-9-13(11-14)12-7-3-2-4-8-12/h2-4,6-7,10,12-13H,5,8-9,11H2,1H3/t12-,13?/m0/s1. The zero-order chi connectivity index (χ0) is 9.80. The fourth-order valence-electron chi connectivity index (χ4n) is 2.39. The lowest BCUT2D eigenvalue weighted by Gasteiger charge is -2.27. The van der Waals surface area contributed by atoms with E-state index in [2.05, 4.69) is 48.5 Å². The van der Waals surface area contributed by atoms with E-state index in [1.807, 2.05) is 0 Å². The van der Waals surface area contributed by atoms with E-state index in [0.29, 0.717) is 0 Å². The first-order valence-corrected chi connectivity index (χ1v) is 5.56. The van der Waals surface area contributed by atoms with Crippen molar-refractivity contribution >= 4 is 0 Å². The highest BCUT2D eigenvalue weighted by Crippen LogP contribution is 2.27. The molecule has 0 aromatic carbocycles. The minimum Gasteiger partial charge on any atom is -0.380 e. The molecule has 1 heterocycles. The van der Waals surface area contributed by atoms with Crippen LogP contribution in [-0.4, -0.2) is 18.5 Å². The van der Waals surface area contributed by atoms with Crippen molar-refractivity contribution in [1.82, 2.24) is 4.90 Å². The van der Waals surface area contributed by atoms with Gasteiger partial charge in [0, 0.05) is 13.6 Å². The van der Waals surface area contributed by atoms with Crippen molar-refractivity contribution in [3.8, 4) is 0 Å². The average molecular weight is 189 g/mol. The highest BCUT2D eigenvalue weighted by atomic mass is 15.1. The van der Waals surface area contributed by atoms with Gasteiger partial charge in [-0.2, -0.15) is 0 Å². The molecule has 0 bridgehead atoms. The maximum atomic E-state index is 2.38. The molecule has 2 atom stereocenters. The third-order valence-electron chi connectivity index (χ3n) is 3.21. The third-order valence-corrected chi connectivity index (χ3v) is 3.21. The van der Waals surface area contributed by atoms with E-state index >= 15 is 0 Å². The Bertz CT molecular complexity index is 262. The van der Waals surface area contributed by atoms with Gasteiger partial charge in [0.15, 0.2) is 0 Å². The maximum absolute atomic E-state index is 2.38. The van der Waals surface area contributed by atoms with Crippen molar-refractivity contribution in [2.75, 3.05) is 13.6 Å². The topological polar surface area (TPSA) is 3.24 Å². The number of rotatable bonds is 1. The monoisotopic (exact) mass is 189 g/mol. The SMILES string of the molecule is CN1C=CCCC([C@H]2C=CC=CC2)C1. The van der Waals surface area contributed by atoms with Gasteiger partial charge in [-0.05, 0) is 37.3 Å². The average Bonchev–Trinajstić information content (AvgIpc) is 2.44. The van der Waals surface area contributed by atoms with Gasteiger partial charge in [0.25, 0.3) is 0 Å². The lowest BCUT2D eigenvalue weighted by Crippen LogP contribution is -2.25. The fourth-order valence-corrected chi connectivity index (χ4v) is 2.39. The molecule has 1 nitrogen and oxygen atoms in total. The highest BCUT2D eigenvalue weighted by Gasteiger charge is 2.20. The Labute approximate surface area is 86.8 Å². The molecule has 1 unspecified atom stereocenters. The summed E-state index contributed by atoms with van der Waals surface area (Å²) >= 11 is 0. The van der Waals surface area contributed by atoms with Crippen molar-refractivity contribution in [3.63, 3.8) is 0 Å². The summed E-state index contributed by atoms with van der Waals surface area (Å²) in [5, 5.41) is 0. The van der Waals surface area contributed by atoms with Crippen molar-refractivity contribution < 1.29 is 0 Å². The van der Waals surface area contributed by atoms with Gasteiger partial charge >= 0.3 is 0 Å². The fraction of sp³-hybridized carbons (Fsp3) is 0.538. The molecule has 0 amide bonds. The molecule has 2 aliphatic rings. The van der Waals surface area contributed by atoms with Crippen molar-refractivity contribution in [2.45, 2.75) is 19.3 Å². The zero-order valence-electron chi connectivity index (χ0n) is 8.89. The number of hydrogen-bond acceptors (Lipinski definition) is 1. The van der Waals surface area contributed by atoms with Gasteiger partial charge < -0.3 is 4.90 Å². The molecule has 2 rings (SSSR count). The second kappa shape index (κ2) is 4.50. The van der Waals surface area contributed by atoms with Gasteiger partial charge in [-0.1, -0.05) is 30.4 Å². The van der Waals surface area contributed by atoms with Crippen LogP contribution in [0.25, 0.3) is 0 Å². The Morgan fingerprint density at radius 3 is 2.93 bits per heavy atom. The molecule has 0 N–H and O–H groups in total. The molecule has 1 aliphatic heterocycles. The lowest BCUT2D eigenvalue weighted by atomic mass is 9.84. The van der Waals surface area contributed by atoms with Crippen LogP contribution in [0.1, 0.15) is 19.3 Å². The van der Waals surface area contributed by atoms with Crippen LogP contribution in [0.3, 0.4) is 0 Å². The Kier molecular flexibility index (Phi) is 3.07. The Morgan fingerprint density at radius 2 is 2.14 bits per heavy atom. The number of allylic oxidation sites excluding steroid dienone is 5. The van der Waals surface area contributed by atoms with Crippen LogP contribution >= 0.6 is 0 Å². The number of hydrogen-bond donors (Lipinski definition) is 0. The van der Waals surface area contributed by atoms with Crippen molar-refractivity contribution in [3.05, 3.63) is 36.6 Å². The molecule has 0 fully saturated rings. The molecule has 1 heteroatoms.